The van der Waals surface area contributed by atoms with Crippen LogP contribution in [0.15, 0.2) is 39.9 Å². The molecule has 0 radical (unpaired) electrons. The van der Waals surface area contributed by atoms with E-state index < -0.39 is 22.5 Å². The molecule has 2 aliphatic heterocycles. The van der Waals surface area contributed by atoms with Gasteiger partial charge in [0, 0.05) is 63.1 Å². The molecule has 2 fully saturated rings. The van der Waals surface area contributed by atoms with E-state index in [2.05, 4.69) is 25.8 Å². The van der Waals surface area contributed by atoms with Crippen molar-refractivity contribution >= 4 is 40.7 Å². The molecule has 0 bridgehead atoms. The van der Waals surface area contributed by atoms with Crippen LogP contribution in [-0.2, 0) is 6.54 Å². The molecule has 0 atom stereocenters. The second-order valence-electron chi connectivity index (χ2n) is 11.9. The summed E-state index contributed by atoms with van der Waals surface area (Å²) >= 11 is 0. The van der Waals surface area contributed by atoms with Crippen molar-refractivity contribution in [2.75, 3.05) is 65.0 Å². The predicted molar refractivity (Wildman–Crippen MR) is 166 cm³/mol. The van der Waals surface area contributed by atoms with Crippen molar-refractivity contribution in [3.63, 3.8) is 0 Å². The average Bonchev–Trinajstić information content (AvgIpc) is 3.70. The SMILES string of the molecule is CC(C)(C)N(Cc1ccc(Nc2c(NCCNc3cc(N4CCCC4)nc(N4CCCC4)n3)c(=O)c2=O)cc1)C(=O)O. The molecular formula is C30H40N8O4. The Morgan fingerprint density at radius 1 is 0.881 bits per heavy atom. The van der Waals surface area contributed by atoms with Crippen LogP contribution in [0.25, 0.3) is 0 Å². The van der Waals surface area contributed by atoms with Gasteiger partial charge in [0.05, 0.1) is 0 Å². The Labute approximate surface area is 245 Å². The van der Waals surface area contributed by atoms with E-state index in [1.165, 1.54) is 17.7 Å². The summed E-state index contributed by atoms with van der Waals surface area (Å²) in [5, 5.41) is 19.0. The van der Waals surface area contributed by atoms with Gasteiger partial charge in [0.1, 0.15) is 23.0 Å². The number of amides is 1. The quantitative estimate of drug-likeness (QED) is 0.195. The fraction of sp³-hybridized carbons (Fsp3) is 0.500. The third-order valence-corrected chi connectivity index (χ3v) is 7.77. The van der Waals surface area contributed by atoms with Crippen molar-refractivity contribution in [1.82, 2.24) is 14.9 Å². The maximum absolute atomic E-state index is 12.3. The first-order valence-electron chi connectivity index (χ1n) is 14.7. The molecule has 1 aromatic heterocycles. The van der Waals surface area contributed by atoms with Gasteiger partial charge in [-0.3, -0.25) is 14.5 Å². The molecule has 5 rings (SSSR count). The third-order valence-electron chi connectivity index (χ3n) is 7.77. The molecule has 1 amide bonds. The van der Waals surface area contributed by atoms with E-state index >= 15 is 0 Å². The van der Waals surface area contributed by atoms with E-state index in [1.807, 2.05) is 26.8 Å². The molecule has 2 aromatic carbocycles. The largest absolute Gasteiger partial charge is 0.465 e. The Balaban J connectivity index is 1.19. The minimum atomic E-state index is -0.989. The van der Waals surface area contributed by atoms with Crippen LogP contribution in [0, 0.1) is 0 Å². The van der Waals surface area contributed by atoms with Gasteiger partial charge in [0.2, 0.25) is 5.95 Å². The summed E-state index contributed by atoms with van der Waals surface area (Å²) < 4.78 is 0. The summed E-state index contributed by atoms with van der Waals surface area (Å²) in [6.45, 7) is 10.6. The molecule has 12 nitrogen and oxygen atoms in total. The van der Waals surface area contributed by atoms with Crippen LogP contribution in [0.2, 0.25) is 0 Å². The summed E-state index contributed by atoms with van der Waals surface area (Å²) in [6.07, 6.45) is 3.63. The summed E-state index contributed by atoms with van der Waals surface area (Å²) in [5.41, 5.74) is 0.277. The standard InChI is InChI=1S/C30H40N8O4/c1-30(2,3)38(29(41)42)19-20-8-10-21(11-9-20)33-25-24(26(39)27(25)40)32-13-12-31-22-18-23(36-14-4-5-15-36)35-28(34-22)37-16-6-7-17-37/h8-11,18,32-33H,4-7,12-17,19H2,1-3H3,(H,41,42)(H,31,34,35). The van der Waals surface area contributed by atoms with Crippen LogP contribution >= 0.6 is 0 Å². The van der Waals surface area contributed by atoms with E-state index in [-0.39, 0.29) is 17.9 Å². The highest BCUT2D eigenvalue weighted by Gasteiger charge is 2.26. The molecule has 42 heavy (non-hydrogen) atoms. The van der Waals surface area contributed by atoms with Gasteiger partial charge in [-0.2, -0.15) is 9.97 Å². The Bertz CT molecular complexity index is 1430. The van der Waals surface area contributed by atoms with Crippen molar-refractivity contribution in [2.24, 2.45) is 0 Å². The van der Waals surface area contributed by atoms with E-state index in [9.17, 15) is 19.5 Å². The Morgan fingerprint density at radius 3 is 2.10 bits per heavy atom. The summed E-state index contributed by atoms with van der Waals surface area (Å²) in [5.74, 6) is 2.43. The first kappa shape index (κ1) is 29.2. The monoisotopic (exact) mass is 576 g/mol. The number of anilines is 6. The number of hydrogen-bond acceptors (Lipinski definition) is 10. The highest BCUT2D eigenvalue weighted by Crippen LogP contribution is 2.26. The van der Waals surface area contributed by atoms with Gasteiger partial charge >= 0.3 is 6.09 Å². The summed E-state index contributed by atoms with van der Waals surface area (Å²) in [4.78, 5) is 51.8. The van der Waals surface area contributed by atoms with Crippen molar-refractivity contribution in [3.05, 3.63) is 56.3 Å². The minimum absolute atomic E-state index is 0.226. The highest BCUT2D eigenvalue weighted by atomic mass is 16.4. The van der Waals surface area contributed by atoms with Crippen LogP contribution in [0.5, 0.6) is 0 Å². The molecule has 3 aromatic rings. The zero-order valence-electron chi connectivity index (χ0n) is 24.6. The van der Waals surface area contributed by atoms with Crippen LogP contribution < -0.4 is 36.6 Å². The number of carboxylic acid groups (broad SMARTS) is 1. The zero-order chi connectivity index (χ0) is 29.9. The lowest BCUT2D eigenvalue weighted by atomic mass is 10.1. The van der Waals surface area contributed by atoms with Crippen LogP contribution in [0.4, 0.5) is 39.4 Å². The molecule has 0 saturated carbocycles. The summed E-state index contributed by atoms with van der Waals surface area (Å²) in [7, 11) is 0. The van der Waals surface area contributed by atoms with Gasteiger partial charge in [0.15, 0.2) is 0 Å². The zero-order valence-corrected chi connectivity index (χ0v) is 24.6. The molecule has 4 N–H and O–H groups in total. The molecule has 0 spiro atoms. The topological polar surface area (TPSA) is 143 Å². The van der Waals surface area contributed by atoms with Gasteiger partial charge in [-0.05, 0) is 64.2 Å². The third kappa shape index (κ3) is 6.58. The molecule has 0 aliphatic carbocycles. The maximum atomic E-state index is 12.3. The van der Waals surface area contributed by atoms with Gasteiger partial charge in [-0.1, -0.05) is 12.1 Å². The van der Waals surface area contributed by atoms with Crippen molar-refractivity contribution in [2.45, 2.75) is 58.5 Å². The summed E-state index contributed by atoms with van der Waals surface area (Å²) in [6, 6.07) is 9.13. The second kappa shape index (κ2) is 12.3. The number of hydrogen-bond donors (Lipinski definition) is 4. The van der Waals surface area contributed by atoms with E-state index in [0.717, 1.165) is 62.2 Å². The number of rotatable bonds is 11. The first-order valence-corrected chi connectivity index (χ1v) is 14.7. The lowest BCUT2D eigenvalue weighted by Crippen LogP contribution is -2.44. The lowest BCUT2D eigenvalue weighted by Gasteiger charge is -2.33. The van der Waals surface area contributed by atoms with Crippen molar-refractivity contribution < 1.29 is 9.90 Å². The van der Waals surface area contributed by atoms with Gasteiger partial charge in [-0.15, -0.1) is 0 Å². The Hall–Kier alpha value is -4.35. The smallest absolute Gasteiger partial charge is 0.408 e. The Kier molecular flexibility index (Phi) is 8.51. The van der Waals surface area contributed by atoms with E-state index in [0.29, 0.717) is 18.8 Å². The molecule has 2 aliphatic rings. The molecule has 3 heterocycles. The second-order valence-corrected chi connectivity index (χ2v) is 11.9. The van der Waals surface area contributed by atoms with Crippen LogP contribution in [-0.4, -0.2) is 70.9 Å². The number of nitrogens with zero attached hydrogens (tertiary/aromatic N) is 5. The minimum Gasteiger partial charge on any atom is -0.465 e. The fourth-order valence-electron chi connectivity index (χ4n) is 5.35. The van der Waals surface area contributed by atoms with Gasteiger partial charge in [-0.25, -0.2) is 4.79 Å². The van der Waals surface area contributed by atoms with Gasteiger partial charge in [0.25, 0.3) is 10.9 Å². The molecule has 0 unspecified atom stereocenters. The maximum Gasteiger partial charge on any atom is 0.408 e. The molecule has 2 saturated heterocycles. The van der Waals surface area contributed by atoms with Crippen molar-refractivity contribution in [1.29, 1.82) is 0 Å². The molecular weight excluding hydrogens is 536 g/mol. The first-order chi connectivity index (χ1) is 20.1. The number of carbonyl (C=O) groups is 1. The van der Waals surface area contributed by atoms with Crippen LogP contribution in [0.1, 0.15) is 52.0 Å². The highest BCUT2D eigenvalue weighted by molar-refractivity contribution is 5.78. The Morgan fingerprint density at radius 2 is 1.48 bits per heavy atom. The number of aromatic nitrogens is 2. The number of nitrogens with one attached hydrogen (secondary N) is 3. The lowest BCUT2D eigenvalue weighted by molar-refractivity contribution is 0.0955. The van der Waals surface area contributed by atoms with E-state index in [1.54, 1.807) is 24.3 Å². The number of benzene rings is 1. The normalized spacial score (nSPS) is 15.3. The van der Waals surface area contributed by atoms with Gasteiger partial charge < -0.3 is 30.9 Å². The predicted octanol–water partition coefficient (Wildman–Crippen LogP) is 3.82. The fourth-order valence-corrected chi connectivity index (χ4v) is 5.35. The average molecular weight is 577 g/mol. The molecule has 12 heteroatoms. The molecule has 224 valence electrons. The van der Waals surface area contributed by atoms with Crippen molar-refractivity contribution in [3.8, 4) is 0 Å². The van der Waals surface area contributed by atoms with Crippen LogP contribution in [0.3, 0.4) is 0 Å². The van der Waals surface area contributed by atoms with E-state index in [4.69, 9.17) is 9.97 Å².